The topological polar surface area (TPSA) is 55.6 Å². The molecule has 1 aliphatic heterocycles. The maximum Gasteiger partial charge on any atom is 0.339 e. The average molecular weight is 349 g/mol. The van der Waals surface area contributed by atoms with E-state index in [2.05, 4.69) is 29.6 Å². The Balaban J connectivity index is 1.87. The number of pyridine rings is 1. The van der Waals surface area contributed by atoms with E-state index < -0.39 is 0 Å². The van der Waals surface area contributed by atoms with Crippen molar-refractivity contribution in [1.29, 1.82) is 0 Å². The first kappa shape index (κ1) is 16.6. The molecule has 3 heterocycles. The Kier molecular flexibility index (Phi) is 4.15. The number of rotatable bonds is 3. The summed E-state index contributed by atoms with van der Waals surface area (Å²) in [6.45, 7) is 6.22. The predicted molar refractivity (Wildman–Crippen MR) is 102 cm³/mol. The van der Waals surface area contributed by atoms with E-state index in [1.165, 1.54) is 5.56 Å². The third kappa shape index (κ3) is 2.64. The number of ether oxygens (including phenoxy) is 1. The summed E-state index contributed by atoms with van der Waals surface area (Å²) in [7, 11) is 0. The lowest BCUT2D eigenvalue weighted by Gasteiger charge is -2.29. The lowest BCUT2D eigenvalue weighted by atomic mass is 9.91. The van der Waals surface area contributed by atoms with Gasteiger partial charge in [0, 0.05) is 11.9 Å². The molecule has 1 atom stereocenters. The van der Waals surface area contributed by atoms with Crippen molar-refractivity contribution in [3.8, 4) is 0 Å². The van der Waals surface area contributed by atoms with E-state index in [0.717, 1.165) is 41.1 Å². The van der Waals surface area contributed by atoms with Gasteiger partial charge in [0.15, 0.2) is 5.65 Å². The fourth-order valence-electron chi connectivity index (χ4n) is 3.70. The number of nitrogens with one attached hydrogen (secondary N) is 1. The summed E-state index contributed by atoms with van der Waals surface area (Å²) >= 11 is 0. The van der Waals surface area contributed by atoms with E-state index in [1.54, 1.807) is 0 Å². The van der Waals surface area contributed by atoms with Gasteiger partial charge in [-0.2, -0.15) is 0 Å². The fourth-order valence-corrected chi connectivity index (χ4v) is 3.70. The van der Waals surface area contributed by atoms with E-state index >= 15 is 0 Å². The Morgan fingerprint density at radius 3 is 2.81 bits per heavy atom. The second-order valence-electron chi connectivity index (χ2n) is 6.74. The zero-order chi connectivity index (χ0) is 18.3. The predicted octanol–water partition coefficient (Wildman–Crippen LogP) is 4.23. The minimum Gasteiger partial charge on any atom is -0.462 e. The number of hydrogen-bond acceptors (Lipinski definition) is 4. The maximum absolute atomic E-state index is 12.5. The Labute approximate surface area is 153 Å². The largest absolute Gasteiger partial charge is 0.462 e. The van der Waals surface area contributed by atoms with Crippen LogP contribution in [0.2, 0.25) is 0 Å². The first-order valence-electron chi connectivity index (χ1n) is 9.10. The average Bonchev–Trinajstić information content (AvgIpc) is 2.96. The lowest BCUT2D eigenvalue weighted by Crippen LogP contribution is -2.22. The first-order chi connectivity index (χ1) is 12.6. The number of aromatic nitrogens is 2. The number of fused-ring (bicyclic) bond motifs is 3. The molecule has 1 unspecified atom stereocenters. The van der Waals surface area contributed by atoms with Crippen molar-refractivity contribution in [2.24, 2.45) is 0 Å². The molecule has 0 amide bonds. The van der Waals surface area contributed by atoms with E-state index in [4.69, 9.17) is 9.72 Å². The van der Waals surface area contributed by atoms with Gasteiger partial charge in [0.05, 0.1) is 29.6 Å². The molecule has 0 radical (unpaired) electrons. The van der Waals surface area contributed by atoms with Gasteiger partial charge in [-0.25, -0.2) is 9.78 Å². The van der Waals surface area contributed by atoms with Crippen molar-refractivity contribution in [2.75, 3.05) is 11.9 Å². The van der Waals surface area contributed by atoms with Crippen LogP contribution in [-0.2, 0) is 11.2 Å². The molecule has 134 valence electrons. The van der Waals surface area contributed by atoms with Crippen LogP contribution in [0.15, 0.2) is 36.5 Å². The van der Waals surface area contributed by atoms with Crippen LogP contribution in [-0.4, -0.2) is 22.0 Å². The standard InChI is InChI=1S/C21H23N3O2/c1-4-26-21(25)17-12-24-14(3)13(2)22-20(24)19-16(17)10-11-18(23-19)15-8-6-5-7-9-15/h5-9,12,18,23H,4,10-11H2,1-3H3. The highest BCUT2D eigenvalue weighted by Gasteiger charge is 2.28. The summed E-state index contributed by atoms with van der Waals surface area (Å²) in [5, 5.41) is 3.64. The van der Waals surface area contributed by atoms with Crippen LogP contribution in [0.25, 0.3) is 5.65 Å². The molecule has 0 saturated heterocycles. The van der Waals surface area contributed by atoms with Gasteiger partial charge in [-0.05, 0) is 44.7 Å². The molecule has 4 rings (SSSR count). The summed E-state index contributed by atoms with van der Waals surface area (Å²) < 4.78 is 7.30. The smallest absolute Gasteiger partial charge is 0.339 e. The van der Waals surface area contributed by atoms with Gasteiger partial charge >= 0.3 is 5.97 Å². The number of carbonyl (C=O) groups is 1. The van der Waals surface area contributed by atoms with E-state index in [-0.39, 0.29) is 12.0 Å². The van der Waals surface area contributed by atoms with Crippen LogP contribution in [0, 0.1) is 13.8 Å². The Morgan fingerprint density at radius 1 is 1.31 bits per heavy atom. The molecule has 0 saturated carbocycles. The molecular formula is C21H23N3O2. The molecule has 0 aliphatic carbocycles. The third-order valence-corrected chi connectivity index (χ3v) is 5.19. The second kappa shape index (κ2) is 6.48. The van der Waals surface area contributed by atoms with E-state index in [0.29, 0.717) is 12.2 Å². The Bertz CT molecular complexity index is 976. The minimum atomic E-state index is -0.267. The number of esters is 1. The van der Waals surface area contributed by atoms with Gasteiger partial charge in [0.1, 0.15) is 0 Å². The van der Waals surface area contributed by atoms with Crippen LogP contribution in [0.5, 0.6) is 0 Å². The van der Waals surface area contributed by atoms with Crippen molar-refractivity contribution >= 4 is 17.3 Å². The van der Waals surface area contributed by atoms with Gasteiger partial charge in [0.2, 0.25) is 0 Å². The van der Waals surface area contributed by atoms with Crippen LogP contribution in [0.1, 0.15) is 52.3 Å². The Hall–Kier alpha value is -2.82. The van der Waals surface area contributed by atoms with Crippen LogP contribution in [0.4, 0.5) is 5.69 Å². The van der Waals surface area contributed by atoms with Crippen molar-refractivity contribution in [2.45, 2.75) is 39.7 Å². The molecule has 1 aromatic carbocycles. The highest BCUT2D eigenvalue weighted by molar-refractivity contribution is 5.95. The SMILES string of the molecule is CCOC(=O)c1cn2c(C)c(C)nc2c2c1CCC(c1ccccc1)N2. The van der Waals surface area contributed by atoms with Crippen LogP contribution < -0.4 is 5.32 Å². The summed E-state index contributed by atoms with van der Waals surface area (Å²) in [5.74, 6) is -0.267. The number of nitrogens with zero attached hydrogens (tertiary/aromatic N) is 2. The van der Waals surface area contributed by atoms with Gasteiger partial charge in [0.25, 0.3) is 0 Å². The zero-order valence-electron chi connectivity index (χ0n) is 15.4. The fraction of sp³-hybridized carbons (Fsp3) is 0.333. The summed E-state index contributed by atoms with van der Waals surface area (Å²) in [5.41, 5.74) is 6.73. The molecule has 3 aromatic rings. The van der Waals surface area contributed by atoms with Gasteiger partial charge in [-0.1, -0.05) is 30.3 Å². The second-order valence-corrected chi connectivity index (χ2v) is 6.74. The summed E-state index contributed by atoms with van der Waals surface area (Å²) in [6, 6.07) is 10.6. The molecule has 2 aromatic heterocycles. The normalized spacial score (nSPS) is 16.2. The molecule has 5 nitrogen and oxygen atoms in total. The van der Waals surface area contributed by atoms with Crippen molar-refractivity contribution in [3.63, 3.8) is 0 Å². The molecule has 1 aliphatic rings. The molecule has 1 N–H and O–H groups in total. The number of aryl methyl sites for hydroxylation is 2. The number of anilines is 1. The van der Waals surface area contributed by atoms with E-state index in [1.807, 2.05) is 37.4 Å². The van der Waals surface area contributed by atoms with Crippen molar-refractivity contribution in [1.82, 2.24) is 9.38 Å². The molecular weight excluding hydrogens is 326 g/mol. The maximum atomic E-state index is 12.5. The number of carbonyl (C=O) groups excluding carboxylic acids is 1. The third-order valence-electron chi connectivity index (χ3n) is 5.19. The van der Waals surface area contributed by atoms with Gasteiger partial charge < -0.3 is 14.5 Å². The van der Waals surface area contributed by atoms with Crippen molar-refractivity contribution < 1.29 is 9.53 Å². The van der Waals surface area contributed by atoms with Gasteiger partial charge in [-0.3, -0.25) is 0 Å². The highest BCUT2D eigenvalue weighted by Crippen LogP contribution is 2.37. The molecule has 0 fully saturated rings. The van der Waals surface area contributed by atoms with Gasteiger partial charge in [-0.15, -0.1) is 0 Å². The minimum absolute atomic E-state index is 0.210. The monoisotopic (exact) mass is 349 g/mol. The lowest BCUT2D eigenvalue weighted by molar-refractivity contribution is 0.0524. The summed E-state index contributed by atoms with van der Waals surface area (Å²) in [6.07, 6.45) is 3.63. The zero-order valence-corrected chi connectivity index (χ0v) is 15.4. The molecule has 26 heavy (non-hydrogen) atoms. The first-order valence-corrected chi connectivity index (χ1v) is 9.10. The van der Waals surface area contributed by atoms with Crippen LogP contribution >= 0.6 is 0 Å². The number of imidazole rings is 1. The number of hydrogen-bond donors (Lipinski definition) is 1. The molecule has 0 spiro atoms. The molecule has 5 heteroatoms. The number of benzene rings is 1. The highest BCUT2D eigenvalue weighted by atomic mass is 16.5. The Morgan fingerprint density at radius 2 is 2.08 bits per heavy atom. The van der Waals surface area contributed by atoms with Crippen molar-refractivity contribution in [3.05, 3.63) is 64.6 Å². The molecule has 0 bridgehead atoms. The summed E-state index contributed by atoms with van der Waals surface area (Å²) in [4.78, 5) is 17.3. The van der Waals surface area contributed by atoms with E-state index in [9.17, 15) is 4.79 Å². The van der Waals surface area contributed by atoms with Crippen LogP contribution in [0.3, 0.4) is 0 Å². The quantitative estimate of drug-likeness (QED) is 0.719.